The number of nitriles is 3. The van der Waals surface area contributed by atoms with Crippen LogP contribution in [0.4, 0.5) is 0 Å². The highest BCUT2D eigenvalue weighted by molar-refractivity contribution is 6.10. The second-order valence-corrected chi connectivity index (χ2v) is 12.6. The molecule has 1 atom stereocenters. The summed E-state index contributed by atoms with van der Waals surface area (Å²) in [5.41, 5.74) is 11.8. The summed E-state index contributed by atoms with van der Waals surface area (Å²) < 4.78 is 4.43. The molecular formula is C45H27N5. The summed E-state index contributed by atoms with van der Waals surface area (Å²) in [7, 11) is 0. The molecule has 0 saturated heterocycles. The summed E-state index contributed by atoms with van der Waals surface area (Å²) in [6, 6.07) is 52.3. The van der Waals surface area contributed by atoms with Crippen molar-refractivity contribution in [3.05, 3.63) is 162 Å². The van der Waals surface area contributed by atoms with Gasteiger partial charge in [-0.05, 0) is 77.2 Å². The lowest BCUT2D eigenvalue weighted by atomic mass is 9.92. The van der Waals surface area contributed by atoms with Crippen molar-refractivity contribution in [2.75, 3.05) is 0 Å². The topological polar surface area (TPSA) is 81.2 Å². The Morgan fingerprint density at radius 2 is 1.18 bits per heavy atom. The number of rotatable bonds is 4. The van der Waals surface area contributed by atoms with Gasteiger partial charge in [0.25, 0.3) is 0 Å². The van der Waals surface area contributed by atoms with E-state index in [0.29, 0.717) is 17.5 Å². The lowest BCUT2D eigenvalue weighted by molar-refractivity contribution is 0.809. The number of para-hydroxylation sites is 4. The molecule has 0 aliphatic heterocycles. The molecular weight excluding hydrogens is 611 g/mol. The Bertz CT molecular complexity index is 2790. The minimum Gasteiger partial charge on any atom is -0.310 e. The number of hydrogen-bond acceptors (Lipinski definition) is 3. The molecule has 0 amide bonds. The Labute approximate surface area is 289 Å². The number of hydrogen-bond donors (Lipinski definition) is 0. The molecule has 0 saturated carbocycles. The molecule has 0 spiro atoms. The minimum atomic E-state index is -0.144. The van der Waals surface area contributed by atoms with Gasteiger partial charge < -0.3 is 9.13 Å². The highest BCUT2D eigenvalue weighted by Gasteiger charge is 2.23. The van der Waals surface area contributed by atoms with Gasteiger partial charge >= 0.3 is 0 Å². The third-order valence-electron chi connectivity index (χ3n) is 9.92. The van der Waals surface area contributed by atoms with Crippen molar-refractivity contribution in [3.63, 3.8) is 0 Å². The summed E-state index contributed by atoms with van der Waals surface area (Å²) in [5, 5.41) is 33.9. The molecule has 9 rings (SSSR count). The highest BCUT2D eigenvalue weighted by atomic mass is 15.0. The van der Waals surface area contributed by atoms with Crippen LogP contribution in [0.5, 0.6) is 0 Å². The largest absolute Gasteiger partial charge is 0.310 e. The van der Waals surface area contributed by atoms with E-state index in [4.69, 9.17) is 0 Å². The van der Waals surface area contributed by atoms with Crippen molar-refractivity contribution in [2.45, 2.75) is 6.42 Å². The van der Waals surface area contributed by atoms with Crippen LogP contribution in [0.15, 0.2) is 140 Å². The summed E-state index contributed by atoms with van der Waals surface area (Å²) in [5.74, 6) is -0.144. The fraction of sp³-hybridized carbons (Fsp3) is 0.0444. The predicted octanol–water partition coefficient (Wildman–Crippen LogP) is 10.5. The van der Waals surface area contributed by atoms with E-state index in [1.54, 1.807) is 0 Å². The lowest BCUT2D eigenvalue weighted by Crippen LogP contribution is -2.06. The molecule has 0 bridgehead atoms. The highest BCUT2D eigenvalue weighted by Crippen LogP contribution is 2.40. The molecule has 6 aromatic carbocycles. The van der Waals surface area contributed by atoms with E-state index in [2.05, 4.69) is 88.0 Å². The van der Waals surface area contributed by atoms with Gasteiger partial charge in [0.05, 0.1) is 51.4 Å². The molecule has 0 N–H and O–H groups in total. The van der Waals surface area contributed by atoms with Gasteiger partial charge in [-0.1, -0.05) is 97.1 Å². The van der Waals surface area contributed by atoms with Crippen molar-refractivity contribution in [3.8, 4) is 51.8 Å². The average Bonchev–Trinajstić information content (AvgIpc) is 3.69. The zero-order chi connectivity index (χ0) is 33.8. The normalized spacial score (nSPS) is 13.6. The van der Waals surface area contributed by atoms with Crippen LogP contribution in [0.3, 0.4) is 0 Å². The predicted molar refractivity (Wildman–Crippen MR) is 200 cm³/mol. The zero-order valence-corrected chi connectivity index (χ0v) is 26.9. The number of nitrogens with zero attached hydrogens (tertiary/aromatic N) is 5. The Balaban J connectivity index is 1.20. The number of allylic oxidation sites excluding steroid dienone is 1. The molecule has 2 heterocycles. The van der Waals surface area contributed by atoms with Crippen LogP contribution < -0.4 is 0 Å². The van der Waals surface area contributed by atoms with Crippen LogP contribution in [0.25, 0.3) is 72.4 Å². The van der Waals surface area contributed by atoms with Crippen LogP contribution >= 0.6 is 0 Å². The molecule has 50 heavy (non-hydrogen) atoms. The van der Waals surface area contributed by atoms with Gasteiger partial charge in [-0.25, -0.2) is 0 Å². The van der Waals surface area contributed by atoms with E-state index in [9.17, 15) is 15.8 Å². The monoisotopic (exact) mass is 637 g/mol. The molecule has 5 heteroatoms. The second-order valence-electron chi connectivity index (χ2n) is 12.6. The third kappa shape index (κ3) is 4.37. The molecule has 1 aliphatic rings. The van der Waals surface area contributed by atoms with Gasteiger partial charge in [-0.3, -0.25) is 0 Å². The maximum Gasteiger partial charge on any atom is 0.101 e. The first-order chi connectivity index (χ1) is 24.7. The van der Waals surface area contributed by atoms with Crippen molar-refractivity contribution in [1.29, 1.82) is 15.8 Å². The summed E-state index contributed by atoms with van der Waals surface area (Å²) in [6.45, 7) is 0. The average molecular weight is 638 g/mol. The van der Waals surface area contributed by atoms with Crippen LogP contribution in [0.1, 0.15) is 22.4 Å². The molecule has 1 unspecified atom stereocenters. The first kappa shape index (κ1) is 29.0. The summed E-state index contributed by atoms with van der Waals surface area (Å²) in [6.07, 6.45) is 4.74. The van der Waals surface area contributed by atoms with E-state index >= 15 is 0 Å². The van der Waals surface area contributed by atoms with E-state index in [1.165, 1.54) is 5.56 Å². The Hall–Kier alpha value is -7.13. The quantitative estimate of drug-likeness (QED) is 0.193. The number of fused-ring (bicyclic) bond motifs is 6. The van der Waals surface area contributed by atoms with Gasteiger partial charge in [0, 0.05) is 33.1 Å². The Morgan fingerprint density at radius 1 is 0.540 bits per heavy atom. The first-order valence-corrected chi connectivity index (χ1v) is 16.6. The van der Waals surface area contributed by atoms with Crippen LogP contribution in [-0.4, -0.2) is 9.13 Å². The third-order valence-corrected chi connectivity index (χ3v) is 9.92. The zero-order valence-electron chi connectivity index (χ0n) is 26.9. The SMILES string of the molecule is N#Cc1cc(-c2cccc(C#N)c2-n2c3ccccc3c3ccccc32)ccc1-c1cccc(-n2c3c(c4ccccc42)CC(C#N)C=C3)c1. The maximum atomic E-state index is 10.5. The van der Waals surface area contributed by atoms with E-state index < -0.39 is 0 Å². The summed E-state index contributed by atoms with van der Waals surface area (Å²) in [4.78, 5) is 0. The summed E-state index contributed by atoms with van der Waals surface area (Å²) >= 11 is 0. The van der Waals surface area contributed by atoms with Crippen molar-refractivity contribution in [1.82, 2.24) is 9.13 Å². The standard InChI is InChI=1S/C45H27N5/c46-26-29-19-22-44-40(23-29)39-14-3-4-16-41(39)49(44)34-11-7-9-30(25-34)35-21-20-31(24-33(35)28-48)36-15-8-10-32(27-47)45(36)50-42-17-5-1-12-37(42)38-13-2-6-18-43(38)50/h1-22,24-25,29H,23H2. The lowest BCUT2D eigenvalue weighted by Gasteiger charge is -2.17. The van der Waals surface area contributed by atoms with Gasteiger partial charge in [0.15, 0.2) is 0 Å². The number of benzene rings is 6. The molecule has 8 aromatic rings. The molecule has 5 nitrogen and oxygen atoms in total. The second kappa shape index (κ2) is 11.5. The van der Waals surface area contributed by atoms with Crippen molar-refractivity contribution < 1.29 is 0 Å². The minimum absolute atomic E-state index is 0.144. The Kier molecular flexibility index (Phi) is 6.70. The van der Waals surface area contributed by atoms with Crippen molar-refractivity contribution in [2.24, 2.45) is 5.92 Å². The fourth-order valence-electron chi connectivity index (χ4n) is 7.72. The van der Waals surface area contributed by atoms with Crippen LogP contribution in [0, 0.1) is 39.9 Å². The van der Waals surface area contributed by atoms with Crippen molar-refractivity contribution >= 4 is 38.8 Å². The van der Waals surface area contributed by atoms with Crippen LogP contribution in [-0.2, 0) is 6.42 Å². The van der Waals surface area contributed by atoms with E-state index in [1.807, 2.05) is 84.9 Å². The molecule has 0 radical (unpaired) electrons. The van der Waals surface area contributed by atoms with Gasteiger partial charge in [0.2, 0.25) is 0 Å². The van der Waals surface area contributed by atoms with Gasteiger partial charge in [-0.2, -0.15) is 15.8 Å². The molecule has 2 aromatic heterocycles. The fourth-order valence-corrected chi connectivity index (χ4v) is 7.72. The number of aromatic nitrogens is 2. The van der Waals surface area contributed by atoms with E-state index in [-0.39, 0.29) is 5.92 Å². The molecule has 1 aliphatic carbocycles. The van der Waals surface area contributed by atoms with Gasteiger partial charge in [-0.15, -0.1) is 0 Å². The smallest absolute Gasteiger partial charge is 0.101 e. The van der Waals surface area contributed by atoms with E-state index in [0.717, 1.165) is 72.0 Å². The molecule has 232 valence electrons. The Morgan fingerprint density at radius 3 is 1.88 bits per heavy atom. The molecule has 0 fully saturated rings. The van der Waals surface area contributed by atoms with Crippen LogP contribution in [0.2, 0.25) is 0 Å². The maximum absolute atomic E-state index is 10.5. The van der Waals surface area contributed by atoms with Gasteiger partial charge in [0.1, 0.15) is 6.07 Å². The first-order valence-electron chi connectivity index (χ1n) is 16.6.